The van der Waals surface area contributed by atoms with Crippen LogP contribution in [0.2, 0.25) is 0 Å². The van der Waals surface area contributed by atoms with E-state index in [4.69, 9.17) is 4.74 Å². The number of allylic oxidation sites excluding steroid dienone is 2. The molecule has 1 unspecified atom stereocenters. The molecule has 0 aromatic heterocycles. The monoisotopic (exact) mass is 424 g/mol. The van der Waals surface area contributed by atoms with Crippen molar-refractivity contribution in [3.8, 4) is 5.75 Å². The Bertz CT molecular complexity index is 725. The Balaban J connectivity index is 1.74. The van der Waals surface area contributed by atoms with Crippen LogP contribution < -0.4 is 4.74 Å². The van der Waals surface area contributed by atoms with Gasteiger partial charge >= 0.3 is 6.18 Å². The molecular formula is C24H31F3O3. The second-order valence-corrected chi connectivity index (χ2v) is 7.87. The summed E-state index contributed by atoms with van der Waals surface area (Å²) in [6.07, 6.45) is 9.04. The highest BCUT2D eigenvalue weighted by molar-refractivity contribution is 5.75. The van der Waals surface area contributed by atoms with E-state index in [2.05, 4.69) is 12.2 Å². The van der Waals surface area contributed by atoms with Gasteiger partial charge in [-0.25, -0.2) is 0 Å². The molecule has 1 aromatic rings. The van der Waals surface area contributed by atoms with Crippen molar-refractivity contribution in [3.05, 3.63) is 54.1 Å². The van der Waals surface area contributed by atoms with Gasteiger partial charge < -0.3 is 14.6 Å². The van der Waals surface area contributed by atoms with E-state index in [-0.39, 0.29) is 30.2 Å². The molecule has 1 N–H and O–H groups in total. The molecule has 1 aliphatic rings. The van der Waals surface area contributed by atoms with Crippen molar-refractivity contribution in [2.75, 3.05) is 6.61 Å². The lowest BCUT2D eigenvalue weighted by Gasteiger charge is -2.17. The molecule has 0 amide bonds. The fourth-order valence-electron chi connectivity index (χ4n) is 3.76. The van der Waals surface area contributed by atoms with Crippen LogP contribution in [0.4, 0.5) is 13.2 Å². The van der Waals surface area contributed by atoms with Crippen LogP contribution in [0.1, 0.15) is 57.4 Å². The lowest BCUT2D eigenvalue weighted by molar-refractivity contribution is -0.137. The topological polar surface area (TPSA) is 46.5 Å². The molecule has 1 fully saturated rings. The highest BCUT2D eigenvalue weighted by Gasteiger charge is 2.32. The van der Waals surface area contributed by atoms with Gasteiger partial charge in [0, 0.05) is 12.3 Å². The average molecular weight is 425 g/mol. The molecule has 1 saturated carbocycles. The Morgan fingerprint density at radius 2 is 2.00 bits per heavy atom. The highest BCUT2D eigenvalue weighted by Crippen LogP contribution is 2.36. The zero-order valence-corrected chi connectivity index (χ0v) is 17.4. The van der Waals surface area contributed by atoms with Crippen LogP contribution in [-0.2, 0) is 11.0 Å². The number of rotatable bonds is 11. The van der Waals surface area contributed by atoms with Crippen molar-refractivity contribution >= 4 is 5.78 Å². The van der Waals surface area contributed by atoms with Crippen molar-refractivity contribution in [1.29, 1.82) is 0 Å². The minimum absolute atomic E-state index is 0.0837. The van der Waals surface area contributed by atoms with Crippen molar-refractivity contribution in [2.45, 2.75) is 64.1 Å². The van der Waals surface area contributed by atoms with Crippen LogP contribution in [-0.4, -0.2) is 23.6 Å². The van der Waals surface area contributed by atoms with Gasteiger partial charge in [-0.2, -0.15) is 13.2 Å². The summed E-state index contributed by atoms with van der Waals surface area (Å²) in [6, 6.07) is 4.87. The predicted octanol–water partition coefficient (Wildman–Crippen LogP) is 6.12. The second kappa shape index (κ2) is 11.9. The molecule has 0 spiro atoms. The standard InChI is InChI=1S/C24H31F3O3/c1-18(28)9-4-2-3-5-10-19-14-15-23(29)22(19)13-6-7-16-30-21-12-8-11-20(17-21)24(25,26)27/h3,5-6,8,11-13,17,19,22-23,29H,2,4,7,9-10,14-16H2,1H3/b5-3-,13-6+/t19-,22?,23+/m0/s1. The molecule has 1 aromatic carbocycles. The number of benzene rings is 1. The van der Waals surface area contributed by atoms with Crippen LogP contribution in [0.3, 0.4) is 0 Å². The minimum Gasteiger partial charge on any atom is -0.493 e. The van der Waals surface area contributed by atoms with E-state index < -0.39 is 11.7 Å². The zero-order valence-electron chi connectivity index (χ0n) is 17.4. The molecule has 30 heavy (non-hydrogen) atoms. The summed E-state index contributed by atoms with van der Waals surface area (Å²) in [4.78, 5) is 10.9. The van der Waals surface area contributed by atoms with E-state index in [0.29, 0.717) is 18.8 Å². The molecule has 0 heterocycles. The van der Waals surface area contributed by atoms with E-state index in [9.17, 15) is 23.1 Å². The molecule has 0 aliphatic heterocycles. The molecule has 166 valence electrons. The number of halogens is 3. The van der Waals surface area contributed by atoms with E-state index in [1.54, 1.807) is 6.92 Å². The third kappa shape index (κ3) is 8.34. The van der Waals surface area contributed by atoms with Crippen LogP contribution in [0.5, 0.6) is 5.75 Å². The zero-order chi connectivity index (χ0) is 22.0. The summed E-state index contributed by atoms with van der Waals surface area (Å²) >= 11 is 0. The molecule has 0 radical (unpaired) electrons. The van der Waals surface area contributed by atoms with Crippen molar-refractivity contribution in [1.82, 2.24) is 0 Å². The Kier molecular flexibility index (Phi) is 9.63. The molecule has 3 atom stereocenters. The maximum absolute atomic E-state index is 12.7. The number of Topliss-reactive ketones (excluding diaryl/α,β-unsaturated/α-hetero) is 1. The lowest BCUT2D eigenvalue weighted by atomic mass is 9.91. The SMILES string of the molecule is CC(=O)CCC/C=C\C[C@H]1CC[C@@H](O)C1/C=C/CCOc1cccc(C(F)(F)F)c1. The number of ether oxygens (including phenoxy) is 1. The summed E-state index contributed by atoms with van der Waals surface area (Å²) in [5.74, 6) is 0.876. The largest absolute Gasteiger partial charge is 0.493 e. The first-order valence-corrected chi connectivity index (χ1v) is 10.6. The van der Waals surface area contributed by atoms with E-state index in [1.165, 1.54) is 12.1 Å². The molecule has 3 nitrogen and oxygen atoms in total. The van der Waals surface area contributed by atoms with Gasteiger partial charge in [-0.05, 0) is 69.6 Å². The number of aliphatic hydroxyl groups excluding tert-OH is 1. The van der Waals surface area contributed by atoms with Crippen LogP contribution in [0, 0.1) is 11.8 Å². The number of hydrogen-bond donors (Lipinski definition) is 1. The summed E-state index contributed by atoms with van der Waals surface area (Å²) in [5.41, 5.74) is -0.721. The second-order valence-electron chi connectivity index (χ2n) is 7.87. The first-order chi connectivity index (χ1) is 14.3. The number of carbonyl (C=O) groups is 1. The maximum atomic E-state index is 12.7. The maximum Gasteiger partial charge on any atom is 0.416 e. The van der Waals surface area contributed by atoms with Crippen LogP contribution in [0.15, 0.2) is 48.6 Å². The minimum atomic E-state index is -4.38. The van der Waals surface area contributed by atoms with Crippen molar-refractivity contribution in [3.63, 3.8) is 0 Å². The fourth-order valence-corrected chi connectivity index (χ4v) is 3.76. The number of aliphatic hydroxyl groups is 1. The number of alkyl halides is 3. The van der Waals surface area contributed by atoms with Crippen molar-refractivity contribution in [2.24, 2.45) is 11.8 Å². The third-order valence-corrected chi connectivity index (χ3v) is 5.40. The Hall–Kier alpha value is -2.08. The predicted molar refractivity (Wildman–Crippen MR) is 111 cm³/mol. The van der Waals surface area contributed by atoms with Gasteiger partial charge in [0.1, 0.15) is 11.5 Å². The molecule has 1 aliphatic carbocycles. The van der Waals surface area contributed by atoms with Gasteiger partial charge in [0.15, 0.2) is 0 Å². The first kappa shape index (κ1) is 24.2. The highest BCUT2D eigenvalue weighted by atomic mass is 19.4. The van der Waals surface area contributed by atoms with Crippen LogP contribution >= 0.6 is 0 Å². The normalized spacial score (nSPS) is 22.2. The van der Waals surface area contributed by atoms with E-state index >= 15 is 0 Å². The summed E-state index contributed by atoms with van der Waals surface area (Å²) in [7, 11) is 0. The molecule has 0 bridgehead atoms. The average Bonchev–Trinajstić information content (AvgIpc) is 3.03. The van der Waals surface area contributed by atoms with E-state index in [1.807, 2.05) is 12.2 Å². The van der Waals surface area contributed by atoms with Crippen LogP contribution in [0.25, 0.3) is 0 Å². The van der Waals surface area contributed by atoms with Gasteiger partial charge in [0.25, 0.3) is 0 Å². The summed E-state index contributed by atoms with van der Waals surface area (Å²) in [5, 5.41) is 10.3. The number of ketones is 1. The van der Waals surface area contributed by atoms with Crippen molar-refractivity contribution < 1.29 is 27.8 Å². The Labute approximate surface area is 176 Å². The quantitative estimate of drug-likeness (QED) is 0.344. The van der Waals surface area contributed by atoms with Gasteiger partial charge in [-0.1, -0.05) is 30.4 Å². The number of hydrogen-bond acceptors (Lipinski definition) is 3. The first-order valence-electron chi connectivity index (χ1n) is 10.6. The number of carbonyl (C=O) groups excluding carboxylic acids is 1. The van der Waals surface area contributed by atoms with Gasteiger partial charge in [0.05, 0.1) is 18.3 Å². The molecular weight excluding hydrogens is 393 g/mol. The van der Waals surface area contributed by atoms with Gasteiger partial charge in [-0.15, -0.1) is 0 Å². The fraction of sp³-hybridized carbons (Fsp3) is 0.542. The summed E-state index contributed by atoms with van der Waals surface area (Å²) in [6.45, 7) is 1.88. The smallest absolute Gasteiger partial charge is 0.416 e. The number of unbranched alkanes of at least 4 members (excludes halogenated alkanes) is 1. The third-order valence-electron chi connectivity index (χ3n) is 5.40. The lowest BCUT2D eigenvalue weighted by Crippen LogP contribution is -2.16. The molecule has 2 rings (SSSR count). The Morgan fingerprint density at radius 1 is 1.20 bits per heavy atom. The van der Waals surface area contributed by atoms with E-state index in [0.717, 1.165) is 44.2 Å². The molecule has 0 saturated heterocycles. The van der Waals surface area contributed by atoms with Gasteiger partial charge in [0.2, 0.25) is 0 Å². The molecule has 6 heteroatoms. The van der Waals surface area contributed by atoms with Gasteiger partial charge in [-0.3, -0.25) is 0 Å². The Morgan fingerprint density at radius 3 is 2.73 bits per heavy atom. The summed E-state index contributed by atoms with van der Waals surface area (Å²) < 4.78 is 43.6.